The fourth-order valence-corrected chi connectivity index (χ4v) is 5.96. The number of nitrogens with zero attached hydrogens (tertiary/aromatic N) is 6. The molecule has 0 saturated carbocycles. The van der Waals surface area contributed by atoms with Crippen LogP contribution in [0.2, 0.25) is 0 Å². The maximum absolute atomic E-state index is 13.8. The van der Waals surface area contributed by atoms with E-state index in [0.717, 1.165) is 4.90 Å². The topological polar surface area (TPSA) is 120 Å². The Morgan fingerprint density at radius 1 is 1.13 bits per heavy atom. The SMILES string of the molecule is C[C@@H]1CN(c2ccc(N3C(=O)C(C)(C)c4c(NCC(F)(F)F)nc(COC(=N)N5CCC[C@@H]5C(F)(F)F)nc43)cn2)C[C@H](C)O1. The van der Waals surface area contributed by atoms with Crippen molar-refractivity contribution < 1.29 is 40.6 Å². The zero-order valence-corrected chi connectivity index (χ0v) is 25.1. The summed E-state index contributed by atoms with van der Waals surface area (Å²) in [6.45, 7) is 6.04. The van der Waals surface area contributed by atoms with Gasteiger partial charge in [0.25, 0.3) is 6.02 Å². The van der Waals surface area contributed by atoms with Crippen molar-refractivity contribution in [2.75, 3.05) is 41.3 Å². The van der Waals surface area contributed by atoms with Crippen molar-refractivity contribution >= 4 is 35.1 Å². The number of hydrogen-bond acceptors (Lipinski definition) is 9. The van der Waals surface area contributed by atoms with Gasteiger partial charge in [0.1, 0.15) is 30.0 Å². The largest absolute Gasteiger partial charge is 0.457 e. The average molecular weight is 645 g/mol. The predicted octanol–water partition coefficient (Wildman–Crippen LogP) is 4.89. The molecule has 3 atom stereocenters. The number of pyridine rings is 1. The van der Waals surface area contributed by atoms with Crippen molar-refractivity contribution in [2.45, 2.75) is 83.2 Å². The van der Waals surface area contributed by atoms with Gasteiger partial charge in [-0.2, -0.15) is 26.3 Å². The Hall–Kier alpha value is -3.89. The molecule has 246 valence electrons. The molecule has 2 saturated heterocycles. The Morgan fingerprint density at radius 2 is 1.82 bits per heavy atom. The Labute approximate surface area is 255 Å². The van der Waals surface area contributed by atoms with Crippen LogP contribution < -0.4 is 15.1 Å². The number of amidine groups is 1. The number of likely N-dealkylation sites (tertiary alicyclic amines) is 1. The molecule has 1 amide bonds. The zero-order valence-electron chi connectivity index (χ0n) is 25.1. The van der Waals surface area contributed by atoms with E-state index in [9.17, 15) is 31.1 Å². The molecule has 5 heterocycles. The summed E-state index contributed by atoms with van der Waals surface area (Å²) in [7, 11) is 0. The minimum absolute atomic E-state index is 0.0191. The number of morpholine rings is 1. The number of fused-ring (bicyclic) bond motifs is 1. The highest BCUT2D eigenvalue weighted by molar-refractivity contribution is 6.12. The lowest BCUT2D eigenvalue weighted by Crippen LogP contribution is -2.45. The van der Waals surface area contributed by atoms with Gasteiger partial charge in [0, 0.05) is 19.6 Å². The Kier molecular flexibility index (Phi) is 8.52. The van der Waals surface area contributed by atoms with Crippen LogP contribution in [0.3, 0.4) is 0 Å². The van der Waals surface area contributed by atoms with Gasteiger partial charge in [-0.3, -0.25) is 15.1 Å². The fraction of sp³-hybridized carbons (Fsp3) is 0.607. The van der Waals surface area contributed by atoms with Crippen molar-refractivity contribution in [1.82, 2.24) is 19.9 Å². The molecular formula is C28H34F6N8O3. The van der Waals surface area contributed by atoms with E-state index in [1.165, 1.54) is 24.9 Å². The molecule has 45 heavy (non-hydrogen) atoms. The molecule has 3 aliphatic rings. The van der Waals surface area contributed by atoms with Crippen LogP contribution in [0.4, 0.5) is 49.5 Å². The quantitative estimate of drug-likeness (QED) is 0.257. The minimum Gasteiger partial charge on any atom is -0.457 e. The van der Waals surface area contributed by atoms with Gasteiger partial charge in [-0.05, 0) is 52.7 Å². The number of nitrogens with one attached hydrogen (secondary N) is 2. The summed E-state index contributed by atoms with van der Waals surface area (Å²) >= 11 is 0. The lowest BCUT2D eigenvalue weighted by Gasteiger charge is -2.36. The van der Waals surface area contributed by atoms with Crippen molar-refractivity contribution in [3.63, 3.8) is 0 Å². The van der Waals surface area contributed by atoms with Crippen LogP contribution in [0.1, 0.15) is 51.9 Å². The summed E-state index contributed by atoms with van der Waals surface area (Å²) in [6, 6.07) is 0.727. The first-order chi connectivity index (χ1) is 21.0. The molecule has 0 aliphatic carbocycles. The molecule has 0 spiro atoms. The summed E-state index contributed by atoms with van der Waals surface area (Å²) in [5, 5.41) is 10.4. The smallest absolute Gasteiger partial charge is 0.408 e. The molecule has 5 rings (SSSR count). The monoisotopic (exact) mass is 644 g/mol. The van der Waals surface area contributed by atoms with Gasteiger partial charge in [0.2, 0.25) is 5.91 Å². The summed E-state index contributed by atoms with van der Waals surface area (Å²) < 4.78 is 91.1. The molecule has 2 aromatic heterocycles. The summed E-state index contributed by atoms with van der Waals surface area (Å²) in [5.41, 5.74) is -0.958. The Bertz CT molecular complexity index is 1430. The van der Waals surface area contributed by atoms with Crippen molar-refractivity contribution in [2.24, 2.45) is 0 Å². The molecule has 2 N–H and O–H groups in total. The number of aromatic nitrogens is 3. The van der Waals surface area contributed by atoms with Crippen LogP contribution in [-0.2, 0) is 26.3 Å². The third kappa shape index (κ3) is 6.72. The lowest BCUT2D eigenvalue weighted by atomic mass is 9.87. The zero-order chi connectivity index (χ0) is 32.9. The summed E-state index contributed by atoms with van der Waals surface area (Å²) in [4.78, 5) is 30.9. The van der Waals surface area contributed by atoms with Gasteiger partial charge in [-0.15, -0.1) is 0 Å². The second-order valence-electron chi connectivity index (χ2n) is 11.9. The number of rotatable bonds is 6. The normalized spacial score (nSPS) is 23.4. The van der Waals surface area contributed by atoms with E-state index in [4.69, 9.17) is 14.9 Å². The van der Waals surface area contributed by atoms with E-state index in [1.807, 2.05) is 18.7 Å². The fourth-order valence-electron chi connectivity index (χ4n) is 5.96. The molecule has 17 heteroatoms. The standard InChI is InChI=1S/C28H34F6N8O3/c1-15-11-40(12-16(2)45-15)20-8-7-17(10-36-20)42-23-21(26(3,4)24(42)43)22(37-14-27(29,30)31)38-19(39-23)13-44-25(35)41-9-5-6-18(41)28(32,33)34/h7-8,10,15-16,18,35H,5-6,9,11-14H2,1-4H3,(H,37,38,39)/t15-,16+,18-/m1/s1. The van der Waals surface area contributed by atoms with E-state index in [-0.39, 0.29) is 54.6 Å². The first kappa shape index (κ1) is 32.5. The van der Waals surface area contributed by atoms with Gasteiger partial charge in [0.05, 0.1) is 35.1 Å². The van der Waals surface area contributed by atoms with Gasteiger partial charge >= 0.3 is 12.4 Å². The number of hydrogen-bond donors (Lipinski definition) is 2. The minimum atomic E-state index is -4.63. The second kappa shape index (κ2) is 11.8. The van der Waals surface area contributed by atoms with Crippen LogP contribution in [0.15, 0.2) is 18.3 Å². The highest BCUT2D eigenvalue weighted by Crippen LogP contribution is 2.47. The molecule has 0 aromatic carbocycles. The van der Waals surface area contributed by atoms with Crippen molar-refractivity contribution in [3.05, 3.63) is 29.7 Å². The highest BCUT2D eigenvalue weighted by Gasteiger charge is 2.50. The Morgan fingerprint density at radius 3 is 2.42 bits per heavy atom. The van der Waals surface area contributed by atoms with E-state index in [0.29, 0.717) is 24.6 Å². The number of alkyl halides is 6. The molecule has 11 nitrogen and oxygen atoms in total. The molecule has 3 aliphatic heterocycles. The maximum Gasteiger partial charge on any atom is 0.408 e. The lowest BCUT2D eigenvalue weighted by molar-refractivity contribution is -0.169. The molecule has 0 radical (unpaired) electrons. The summed E-state index contributed by atoms with van der Waals surface area (Å²) in [6.07, 6.45) is -7.76. The highest BCUT2D eigenvalue weighted by atomic mass is 19.4. The van der Waals surface area contributed by atoms with Gasteiger partial charge in [0.15, 0.2) is 12.4 Å². The Balaban J connectivity index is 1.47. The molecular weight excluding hydrogens is 610 g/mol. The summed E-state index contributed by atoms with van der Waals surface area (Å²) in [5.74, 6) is -0.386. The van der Waals surface area contributed by atoms with Gasteiger partial charge < -0.3 is 24.6 Å². The molecule has 0 bridgehead atoms. The molecule has 0 unspecified atom stereocenters. The number of ether oxygens (including phenoxy) is 2. The number of anilines is 4. The molecule has 2 aromatic rings. The van der Waals surface area contributed by atoms with Crippen LogP contribution in [0.5, 0.6) is 0 Å². The van der Waals surface area contributed by atoms with E-state index >= 15 is 0 Å². The van der Waals surface area contributed by atoms with Gasteiger partial charge in [-0.1, -0.05) is 0 Å². The van der Waals surface area contributed by atoms with Crippen LogP contribution in [0.25, 0.3) is 0 Å². The van der Waals surface area contributed by atoms with Crippen LogP contribution >= 0.6 is 0 Å². The van der Waals surface area contributed by atoms with E-state index < -0.39 is 48.9 Å². The number of carbonyl (C=O) groups is 1. The molecule has 2 fully saturated rings. The van der Waals surface area contributed by atoms with Crippen molar-refractivity contribution in [3.8, 4) is 0 Å². The van der Waals surface area contributed by atoms with Gasteiger partial charge in [-0.25, -0.2) is 15.0 Å². The third-order valence-electron chi connectivity index (χ3n) is 7.93. The number of amides is 1. The second-order valence-corrected chi connectivity index (χ2v) is 11.9. The maximum atomic E-state index is 13.8. The van der Waals surface area contributed by atoms with Crippen molar-refractivity contribution in [1.29, 1.82) is 5.41 Å². The number of carbonyl (C=O) groups excluding carboxylic acids is 1. The number of halogens is 6. The third-order valence-corrected chi connectivity index (χ3v) is 7.93. The van der Waals surface area contributed by atoms with Crippen LogP contribution in [-0.4, -0.2) is 88.6 Å². The first-order valence-electron chi connectivity index (χ1n) is 14.4. The first-order valence-corrected chi connectivity index (χ1v) is 14.4. The predicted molar refractivity (Wildman–Crippen MR) is 152 cm³/mol. The average Bonchev–Trinajstić information content (AvgIpc) is 3.52. The van der Waals surface area contributed by atoms with E-state index in [1.54, 1.807) is 12.1 Å². The van der Waals surface area contributed by atoms with E-state index in [2.05, 4.69) is 20.3 Å². The van der Waals surface area contributed by atoms with Crippen LogP contribution in [0, 0.1) is 5.41 Å².